The zero-order chi connectivity index (χ0) is 14.3. The van der Waals surface area contributed by atoms with Gasteiger partial charge in [-0.2, -0.15) is 0 Å². The molecule has 0 amide bonds. The monoisotopic (exact) mass is 270 g/mol. The average molecular weight is 270 g/mol. The predicted molar refractivity (Wildman–Crippen MR) is 82.3 cm³/mol. The van der Waals surface area contributed by atoms with Crippen LogP contribution >= 0.6 is 0 Å². The molecule has 0 aromatic carbocycles. The van der Waals surface area contributed by atoms with E-state index in [1.807, 2.05) is 0 Å². The minimum absolute atomic E-state index is 0.0180. The van der Waals surface area contributed by atoms with Gasteiger partial charge in [0.05, 0.1) is 6.61 Å². The van der Waals surface area contributed by atoms with Gasteiger partial charge in [-0.3, -0.25) is 4.79 Å². The van der Waals surface area contributed by atoms with E-state index in [0.29, 0.717) is 13.0 Å². The molecule has 0 aliphatic heterocycles. The van der Waals surface area contributed by atoms with Gasteiger partial charge in [0.2, 0.25) is 0 Å². The lowest BCUT2D eigenvalue weighted by Gasteiger charge is -2.05. The van der Waals surface area contributed by atoms with Gasteiger partial charge in [-0.25, -0.2) is 0 Å². The van der Waals surface area contributed by atoms with E-state index in [4.69, 9.17) is 4.74 Å². The highest BCUT2D eigenvalue weighted by Gasteiger charge is 2.01. The summed E-state index contributed by atoms with van der Waals surface area (Å²) >= 11 is 0. The van der Waals surface area contributed by atoms with Gasteiger partial charge in [-0.05, 0) is 18.8 Å². The normalized spacial score (nSPS) is 10.9. The van der Waals surface area contributed by atoms with E-state index >= 15 is 0 Å². The fraction of sp³-hybridized carbons (Fsp3) is 0.941. The second kappa shape index (κ2) is 13.9. The highest BCUT2D eigenvalue weighted by molar-refractivity contribution is 5.69. The van der Waals surface area contributed by atoms with Crippen LogP contribution in [0.3, 0.4) is 0 Å². The molecule has 2 nitrogen and oxygen atoms in total. The molecule has 0 atom stereocenters. The Morgan fingerprint density at radius 2 is 1.47 bits per heavy atom. The largest absolute Gasteiger partial charge is 0.466 e. The molecule has 0 radical (unpaired) electrons. The summed E-state index contributed by atoms with van der Waals surface area (Å²) in [4.78, 5) is 11.2. The zero-order valence-electron chi connectivity index (χ0n) is 13.4. The Labute approximate surface area is 120 Å². The zero-order valence-corrected chi connectivity index (χ0v) is 13.4. The molecule has 0 unspecified atom stereocenters. The van der Waals surface area contributed by atoms with Gasteiger partial charge in [0, 0.05) is 6.42 Å². The summed E-state index contributed by atoms with van der Waals surface area (Å²) in [6.45, 7) is 7.30. The summed E-state index contributed by atoms with van der Waals surface area (Å²) in [6, 6.07) is 0. The lowest BCUT2D eigenvalue weighted by Crippen LogP contribution is -2.05. The maximum atomic E-state index is 11.2. The highest BCUT2D eigenvalue weighted by atomic mass is 16.5. The fourth-order valence-corrected chi connectivity index (χ4v) is 2.12. The van der Waals surface area contributed by atoms with Gasteiger partial charge in [0.25, 0.3) is 0 Å². The van der Waals surface area contributed by atoms with Crippen LogP contribution < -0.4 is 0 Å². The van der Waals surface area contributed by atoms with E-state index in [-0.39, 0.29) is 5.97 Å². The highest BCUT2D eigenvalue weighted by Crippen LogP contribution is 2.12. The van der Waals surface area contributed by atoms with Crippen LogP contribution in [0.4, 0.5) is 0 Å². The molecule has 0 bridgehead atoms. The topological polar surface area (TPSA) is 26.3 Å². The first-order valence-electron chi connectivity index (χ1n) is 8.32. The summed E-state index contributed by atoms with van der Waals surface area (Å²) in [5, 5.41) is 0. The van der Waals surface area contributed by atoms with Crippen molar-refractivity contribution in [2.75, 3.05) is 6.61 Å². The van der Waals surface area contributed by atoms with Crippen LogP contribution in [-0.2, 0) is 9.53 Å². The van der Waals surface area contributed by atoms with Crippen LogP contribution in [-0.4, -0.2) is 12.6 Å². The number of hydrogen-bond acceptors (Lipinski definition) is 2. The number of carbonyl (C=O) groups is 1. The summed E-state index contributed by atoms with van der Waals surface area (Å²) < 4.78 is 5.18. The minimum atomic E-state index is -0.0180. The third-order valence-electron chi connectivity index (χ3n) is 3.42. The summed E-state index contributed by atoms with van der Waals surface area (Å²) in [5.41, 5.74) is 0. The molecule has 19 heavy (non-hydrogen) atoms. The van der Waals surface area contributed by atoms with E-state index in [9.17, 15) is 4.79 Å². The lowest BCUT2D eigenvalue weighted by molar-refractivity contribution is -0.143. The Morgan fingerprint density at radius 3 is 2.05 bits per heavy atom. The van der Waals surface area contributed by atoms with Crippen molar-refractivity contribution in [2.24, 2.45) is 5.92 Å². The SMILES string of the molecule is CCCCC(=O)OCCCCCCCCCC(C)C. The molecule has 0 aromatic rings. The number of rotatable bonds is 13. The number of ether oxygens (including phenoxy) is 1. The molecule has 114 valence electrons. The molecule has 0 spiro atoms. The molecule has 0 fully saturated rings. The van der Waals surface area contributed by atoms with Crippen LogP contribution in [0.5, 0.6) is 0 Å². The Morgan fingerprint density at radius 1 is 0.895 bits per heavy atom. The maximum Gasteiger partial charge on any atom is 0.305 e. The number of esters is 1. The van der Waals surface area contributed by atoms with Gasteiger partial charge in [-0.1, -0.05) is 72.1 Å². The number of unbranched alkanes of at least 4 members (excludes halogenated alkanes) is 7. The van der Waals surface area contributed by atoms with E-state index in [1.165, 1.54) is 44.9 Å². The second-order valence-electron chi connectivity index (χ2n) is 5.98. The first-order valence-corrected chi connectivity index (χ1v) is 8.32. The Balaban J connectivity index is 3.08. The molecule has 0 aromatic heterocycles. The van der Waals surface area contributed by atoms with Crippen molar-refractivity contribution in [3.05, 3.63) is 0 Å². The Hall–Kier alpha value is -0.530. The fourth-order valence-electron chi connectivity index (χ4n) is 2.12. The molecule has 0 aliphatic carbocycles. The predicted octanol–water partition coefficient (Wildman–Crippen LogP) is 5.50. The van der Waals surface area contributed by atoms with E-state index in [2.05, 4.69) is 20.8 Å². The Bertz CT molecular complexity index is 199. The smallest absolute Gasteiger partial charge is 0.305 e. The average Bonchev–Trinajstić information content (AvgIpc) is 2.38. The van der Waals surface area contributed by atoms with Crippen LogP contribution in [0.1, 0.15) is 91.4 Å². The quantitative estimate of drug-likeness (QED) is 0.326. The summed E-state index contributed by atoms with van der Waals surface area (Å²) in [5.74, 6) is 0.831. The molecular weight excluding hydrogens is 236 g/mol. The van der Waals surface area contributed by atoms with Gasteiger partial charge in [0.15, 0.2) is 0 Å². The van der Waals surface area contributed by atoms with Crippen LogP contribution in [0.25, 0.3) is 0 Å². The third kappa shape index (κ3) is 15.4. The van der Waals surface area contributed by atoms with Crippen molar-refractivity contribution in [3.63, 3.8) is 0 Å². The van der Waals surface area contributed by atoms with E-state index in [1.54, 1.807) is 0 Å². The summed E-state index contributed by atoms with van der Waals surface area (Å²) in [7, 11) is 0. The molecule has 0 saturated carbocycles. The minimum Gasteiger partial charge on any atom is -0.466 e. The van der Waals surface area contributed by atoms with Gasteiger partial charge in [0.1, 0.15) is 0 Å². The van der Waals surface area contributed by atoms with Gasteiger partial charge in [-0.15, -0.1) is 0 Å². The maximum absolute atomic E-state index is 11.2. The number of hydrogen-bond donors (Lipinski definition) is 0. The first-order chi connectivity index (χ1) is 9.16. The third-order valence-corrected chi connectivity index (χ3v) is 3.42. The Kier molecular flexibility index (Phi) is 13.5. The van der Waals surface area contributed by atoms with Crippen molar-refractivity contribution < 1.29 is 9.53 Å². The molecule has 0 N–H and O–H groups in total. The van der Waals surface area contributed by atoms with Crippen molar-refractivity contribution in [1.82, 2.24) is 0 Å². The number of carbonyl (C=O) groups excluding carboxylic acids is 1. The molecule has 0 aliphatic rings. The van der Waals surface area contributed by atoms with Crippen LogP contribution in [0, 0.1) is 5.92 Å². The van der Waals surface area contributed by atoms with Crippen LogP contribution in [0.2, 0.25) is 0 Å². The summed E-state index contributed by atoms with van der Waals surface area (Å²) in [6.07, 6.45) is 13.0. The standard InChI is InChI=1S/C17H34O2/c1-4-5-14-17(18)19-15-12-10-8-6-7-9-11-13-16(2)3/h16H,4-15H2,1-3H3. The molecule has 2 heteroatoms. The van der Waals surface area contributed by atoms with Gasteiger partial charge < -0.3 is 4.74 Å². The van der Waals surface area contributed by atoms with Crippen molar-refractivity contribution in [1.29, 1.82) is 0 Å². The van der Waals surface area contributed by atoms with Gasteiger partial charge >= 0.3 is 5.97 Å². The lowest BCUT2D eigenvalue weighted by atomic mass is 10.0. The van der Waals surface area contributed by atoms with Crippen molar-refractivity contribution >= 4 is 5.97 Å². The molecular formula is C17H34O2. The van der Waals surface area contributed by atoms with Crippen molar-refractivity contribution in [3.8, 4) is 0 Å². The molecule has 0 heterocycles. The first kappa shape index (κ1) is 18.5. The van der Waals surface area contributed by atoms with Crippen LogP contribution in [0.15, 0.2) is 0 Å². The molecule has 0 rings (SSSR count). The van der Waals surface area contributed by atoms with E-state index < -0.39 is 0 Å². The van der Waals surface area contributed by atoms with Crippen molar-refractivity contribution in [2.45, 2.75) is 91.4 Å². The second-order valence-corrected chi connectivity index (χ2v) is 5.98. The van der Waals surface area contributed by atoms with E-state index in [0.717, 1.165) is 25.2 Å². The molecule has 0 saturated heterocycles.